The lowest BCUT2D eigenvalue weighted by Crippen LogP contribution is -1.96. The fraction of sp³-hybridized carbons (Fsp3) is 0. The Kier molecular flexibility index (Phi) is 5.62. The minimum absolute atomic E-state index is 1.28. The summed E-state index contributed by atoms with van der Waals surface area (Å²) < 4.78 is 36.0. The van der Waals surface area contributed by atoms with Gasteiger partial charge in [-0.1, -0.05) is 60.7 Å². The van der Waals surface area contributed by atoms with Crippen LogP contribution in [0.15, 0.2) is 60.7 Å². The van der Waals surface area contributed by atoms with Gasteiger partial charge in [-0.3, -0.25) is 4.55 Å². The number of benzene rings is 2. The highest BCUT2D eigenvalue weighted by Gasteiger charge is 2.30. The van der Waals surface area contributed by atoms with Gasteiger partial charge in [0.2, 0.25) is 0 Å². The molecule has 0 unspecified atom stereocenters. The number of hydrogen-bond donors (Lipinski definition) is 3. The van der Waals surface area contributed by atoms with Crippen LogP contribution in [0.5, 0.6) is 0 Å². The molecule has 0 amide bonds. The van der Waals surface area contributed by atoms with E-state index in [1.54, 1.807) is 0 Å². The fourth-order valence-corrected chi connectivity index (χ4v) is 1.26. The van der Waals surface area contributed by atoms with E-state index in [1.807, 2.05) is 12.1 Å². The molecule has 2 aromatic rings. The Labute approximate surface area is 116 Å². The van der Waals surface area contributed by atoms with E-state index in [9.17, 15) is 13.0 Å². The molecule has 6 nitrogen and oxygen atoms in total. The van der Waals surface area contributed by atoms with Gasteiger partial charge in [0, 0.05) is 0 Å². The van der Waals surface area contributed by atoms with E-state index in [-0.39, 0.29) is 0 Å². The largest absolute Gasteiger partial charge is 0.466 e. The molecule has 0 aliphatic rings. The smallest absolute Gasteiger partial charge is 0.312 e. The second kappa shape index (κ2) is 6.78. The SMILES string of the molecule is O=P(O)(O)S(=O)(=O)O.c1ccc(-c2ccccc2)cc1. The van der Waals surface area contributed by atoms with Crippen LogP contribution in [0.2, 0.25) is 0 Å². The third-order valence-electron chi connectivity index (χ3n) is 2.18. The van der Waals surface area contributed by atoms with E-state index >= 15 is 0 Å². The van der Waals surface area contributed by atoms with Gasteiger partial charge < -0.3 is 9.79 Å². The highest BCUT2D eigenvalue weighted by Crippen LogP contribution is 2.40. The molecule has 0 heterocycles. The highest BCUT2D eigenvalue weighted by molar-refractivity contribution is 8.46. The van der Waals surface area contributed by atoms with E-state index in [1.165, 1.54) is 11.1 Å². The van der Waals surface area contributed by atoms with E-state index in [0.717, 1.165) is 0 Å². The predicted molar refractivity (Wildman–Crippen MR) is 75.5 cm³/mol. The number of rotatable bonds is 2. The van der Waals surface area contributed by atoms with Gasteiger partial charge in [0.1, 0.15) is 0 Å². The van der Waals surface area contributed by atoms with Crippen LogP contribution in [-0.4, -0.2) is 22.8 Å². The Morgan fingerprint density at radius 2 is 1.00 bits per heavy atom. The van der Waals surface area contributed by atoms with E-state index in [0.29, 0.717) is 0 Å². The van der Waals surface area contributed by atoms with Crippen molar-refractivity contribution in [2.45, 2.75) is 0 Å². The Morgan fingerprint density at radius 1 is 0.750 bits per heavy atom. The topological polar surface area (TPSA) is 112 Å². The minimum atomic E-state index is -5.32. The van der Waals surface area contributed by atoms with Gasteiger partial charge in [0.05, 0.1) is 0 Å². The van der Waals surface area contributed by atoms with Crippen molar-refractivity contribution in [1.82, 2.24) is 0 Å². The van der Waals surface area contributed by atoms with Crippen LogP contribution in [0, 0.1) is 0 Å². The second-order valence-corrected chi connectivity index (χ2v) is 8.36. The summed E-state index contributed by atoms with van der Waals surface area (Å²) in [4.78, 5) is 15.3. The summed E-state index contributed by atoms with van der Waals surface area (Å²) >= 11 is 0. The molecule has 0 saturated heterocycles. The Hall–Kier alpha value is -1.50. The lowest BCUT2D eigenvalue weighted by Gasteiger charge is -1.98. The van der Waals surface area contributed by atoms with Gasteiger partial charge in [-0.15, -0.1) is 0 Å². The van der Waals surface area contributed by atoms with Crippen molar-refractivity contribution in [3.05, 3.63) is 60.7 Å². The average molecular weight is 316 g/mol. The Bertz CT molecular complexity index is 641. The standard InChI is InChI=1S/C12H10.H3O6PS/c1-3-7-11(8-4-1)12-9-5-2-6-10-12;1-7(2,3)8(4,5)6/h1-10H;(H2,1,2,3)(H,4,5,6). The maximum atomic E-state index is 9.51. The van der Waals surface area contributed by atoms with E-state index < -0.39 is 16.5 Å². The van der Waals surface area contributed by atoms with Gasteiger partial charge in [0.15, 0.2) is 0 Å². The zero-order valence-corrected chi connectivity index (χ0v) is 11.9. The van der Waals surface area contributed by atoms with Crippen LogP contribution in [-0.2, 0) is 14.3 Å². The van der Waals surface area contributed by atoms with Crippen molar-refractivity contribution in [3.8, 4) is 11.1 Å². The first-order chi connectivity index (χ1) is 9.22. The van der Waals surface area contributed by atoms with Crippen LogP contribution < -0.4 is 0 Å². The van der Waals surface area contributed by atoms with Crippen molar-refractivity contribution >= 4 is 16.5 Å². The molecular weight excluding hydrogens is 303 g/mol. The molecule has 2 rings (SSSR count). The fourth-order valence-electron chi connectivity index (χ4n) is 1.26. The summed E-state index contributed by atoms with van der Waals surface area (Å²) in [5, 5.41) is 0. The molecule has 20 heavy (non-hydrogen) atoms. The molecule has 108 valence electrons. The first-order valence-electron chi connectivity index (χ1n) is 5.35. The molecule has 0 aromatic heterocycles. The molecule has 0 fully saturated rings. The summed E-state index contributed by atoms with van der Waals surface area (Å²) in [5.41, 5.74) is 2.55. The normalized spacial score (nSPS) is 11.3. The highest BCUT2D eigenvalue weighted by atomic mass is 32.8. The summed E-state index contributed by atoms with van der Waals surface area (Å²) in [6.45, 7) is -5.32. The maximum absolute atomic E-state index is 9.51. The molecule has 0 saturated carbocycles. The van der Waals surface area contributed by atoms with Gasteiger partial charge in [0.25, 0.3) is 0 Å². The third-order valence-corrected chi connectivity index (χ3v) is 4.59. The minimum Gasteiger partial charge on any atom is -0.312 e. The van der Waals surface area contributed by atoms with Crippen LogP contribution in [0.1, 0.15) is 0 Å². The lowest BCUT2D eigenvalue weighted by molar-refractivity contribution is 0.378. The van der Waals surface area contributed by atoms with E-state index in [4.69, 9.17) is 14.3 Å². The van der Waals surface area contributed by atoms with Crippen LogP contribution in [0.25, 0.3) is 11.1 Å². The Balaban J connectivity index is 0.000000221. The molecule has 0 spiro atoms. The molecule has 0 radical (unpaired) electrons. The van der Waals surface area contributed by atoms with Gasteiger partial charge in [-0.05, 0) is 11.1 Å². The molecule has 3 N–H and O–H groups in total. The van der Waals surface area contributed by atoms with Crippen LogP contribution >= 0.6 is 6.80 Å². The first-order valence-corrected chi connectivity index (χ1v) is 9.01. The molecule has 0 bridgehead atoms. The predicted octanol–water partition coefficient (Wildman–Crippen LogP) is 2.32. The molecule has 0 aliphatic carbocycles. The van der Waals surface area contributed by atoms with E-state index in [2.05, 4.69) is 48.5 Å². The summed E-state index contributed by atoms with van der Waals surface area (Å²) in [7, 11) is -5.17. The summed E-state index contributed by atoms with van der Waals surface area (Å²) in [5.74, 6) is 0. The van der Waals surface area contributed by atoms with Crippen molar-refractivity contribution in [3.63, 3.8) is 0 Å². The zero-order valence-electron chi connectivity index (χ0n) is 10.2. The zero-order chi connectivity index (χ0) is 15.2. The van der Waals surface area contributed by atoms with Crippen molar-refractivity contribution < 1.29 is 27.3 Å². The van der Waals surface area contributed by atoms with Gasteiger partial charge >= 0.3 is 16.5 Å². The second-order valence-electron chi connectivity index (χ2n) is 3.67. The third kappa shape index (κ3) is 5.24. The quantitative estimate of drug-likeness (QED) is 0.579. The van der Waals surface area contributed by atoms with Crippen LogP contribution in [0.4, 0.5) is 0 Å². The van der Waals surface area contributed by atoms with Crippen molar-refractivity contribution in [2.75, 3.05) is 0 Å². The average Bonchev–Trinajstić information content (AvgIpc) is 2.39. The molecule has 0 aliphatic heterocycles. The summed E-state index contributed by atoms with van der Waals surface area (Å²) in [6.07, 6.45) is 0. The van der Waals surface area contributed by atoms with Gasteiger partial charge in [-0.25, -0.2) is 4.57 Å². The Morgan fingerprint density at radius 3 is 1.20 bits per heavy atom. The monoisotopic (exact) mass is 316 g/mol. The molecular formula is C12H13O6PS. The lowest BCUT2D eigenvalue weighted by atomic mass is 10.1. The van der Waals surface area contributed by atoms with Crippen LogP contribution in [0.3, 0.4) is 0 Å². The van der Waals surface area contributed by atoms with Crippen molar-refractivity contribution in [2.24, 2.45) is 0 Å². The first kappa shape index (κ1) is 16.6. The van der Waals surface area contributed by atoms with Gasteiger partial charge in [-0.2, -0.15) is 8.42 Å². The maximum Gasteiger partial charge on any atom is 0.466 e. The molecule has 8 heteroatoms. The molecule has 0 atom stereocenters. The molecule has 2 aromatic carbocycles. The van der Waals surface area contributed by atoms with Crippen molar-refractivity contribution in [1.29, 1.82) is 0 Å². The summed E-state index contributed by atoms with van der Waals surface area (Å²) in [6, 6.07) is 20.8. The number of hydrogen-bond acceptors (Lipinski definition) is 3.